The standard InChI is InChI=1S/C37H42ClN5O4S/c1-48(45,46)42-19-16-36-33(26-42)37(40-43(36)18-5-17-41-20-22-47-23-21-41)32-14-15-34(38)31(24-32)13-12-28-8-10-29(11-9-28)25-39-35(27-44)30-6-3-2-4-7-30/h2-4,6-11,14-15,24,35,39,44H,5,16-23,25-27H2,1H3/t35-/m1/s1. The summed E-state index contributed by atoms with van der Waals surface area (Å²) < 4.78 is 34.1. The maximum atomic E-state index is 12.5. The fourth-order valence-corrected chi connectivity index (χ4v) is 7.21. The summed E-state index contributed by atoms with van der Waals surface area (Å²) in [7, 11) is -3.35. The number of aryl methyl sites for hydroxylation is 1. The molecule has 2 aliphatic rings. The molecule has 2 N–H and O–H groups in total. The molecule has 9 nitrogen and oxygen atoms in total. The second-order valence-electron chi connectivity index (χ2n) is 12.3. The summed E-state index contributed by atoms with van der Waals surface area (Å²) in [6.45, 7) is 6.54. The number of halogens is 1. The number of hydrogen-bond donors (Lipinski definition) is 2. The summed E-state index contributed by atoms with van der Waals surface area (Å²) >= 11 is 6.63. The lowest BCUT2D eigenvalue weighted by atomic mass is 10.0. The summed E-state index contributed by atoms with van der Waals surface area (Å²) in [4.78, 5) is 2.42. The minimum atomic E-state index is -3.35. The molecule has 3 aromatic carbocycles. The van der Waals surface area contributed by atoms with Crippen molar-refractivity contribution >= 4 is 21.6 Å². The molecule has 0 saturated carbocycles. The van der Waals surface area contributed by atoms with E-state index in [1.165, 1.54) is 10.6 Å². The van der Waals surface area contributed by atoms with Crippen LogP contribution in [0.2, 0.25) is 5.02 Å². The van der Waals surface area contributed by atoms with Crippen molar-refractivity contribution in [2.24, 2.45) is 0 Å². The number of benzene rings is 3. The Hall–Kier alpha value is -3.53. The van der Waals surface area contributed by atoms with Gasteiger partial charge in [0.2, 0.25) is 10.0 Å². The van der Waals surface area contributed by atoms with Gasteiger partial charge in [-0.15, -0.1) is 0 Å². The van der Waals surface area contributed by atoms with E-state index in [2.05, 4.69) is 26.7 Å². The van der Waals surface area contributed by atoms with Gasteiger partial charge in [0, 0.05) is 80.2 Å². The minimum Gasteiger partial charge on any atom is -0.394 e. The monoisotopic (exact) mass is 687 g/mol. The fourth-order valence-electron chi connectivity index (χ4n) is 6.26. The first-order valence-corrected chi connectivity index (χ1v) is 18.6. The number of aliphatic hydroxyl groups excluding tert-OH is 1. The zero-order valence-corrected chi connectivity index (χ0v) is 28.8. The van der Waals surface area contributed by atoms with Crippen LogP contribution in [0.1, 0.15) is 46.0 Å². The lowest BCUT2D eigenvalue weighted by Crippen LogP contribution is -2.37. The SMILES string of the molecule is CS(=O)(=O)N1CCc2c(c(-c3ccc(Cl)c(C#Cc4ccc(CN[C@H](CO)c5ccccc5)cc4)c3)nn2CCCN2CCOCC2)C1. The maximum absolute atomic E-state index is 12.5. The van der Waals surface area contributed by atoms with Crippen LogP contribution in [0.15, 0.2) is 72.8 Å². The number of morpholine rings is 1. The Morgan fingerprint density at radius 3 is 2.50 bits per heavy atom. The molecule has 1 aromatic heterocycles. The zero-order chi connectivity index (χ0) is 33.5. The van der Waals surface area contributed by atoms with Gasteiger partial charge in [-0.3, -0.25) is 9.58 Å². The van der Waals surface area contributed by atoms with Crippen LogP contribution in [0.25, 0.3) is 11.3 Å². The third-order valence-corrected chi connectivity index (χ3v) is 10.6. The van der Waals surface area contributed by atoms with Gasteiger partial charge in [0.15, 0.2) is 0 Å². The first kappa shape index (κ1) is 34.3. The van der Waals surface area contributed by atoms with Crippen LogP contribution >= 0.6 is 11.6 Å². The molecule has 2 aliphatic heterocycles. The fraction of sp³-hybridized carbons (Fsp3) is 0.378. The molecule has 252 valence electrons. The van der Waals surface area contributed by atoms with E-state index < -0.39 is 10.0 Å². The lowest BCUT2D eigenvalue weighted by molar-refractivity contribution is 0.0368. The molecule has 1 saturated heterocycles. The van der Waals surface area contributed by atoms with Gasteiger partial charge in [0.05, 0.1) is 42.8 Å². The quantitative estimate of drug-likeness (QED) is 0.225. The first-order valence-electron chi connectivity index (χ1n) is 16.4. The summed E-state index contributed by atoms with van der Waals surface area (Å²) in [5.41, 5.74) is 7.34. The Kier molecular flexibility index (Phi) is 11.3. The molecule has 0 bridgehead atoms. The predicted octanol–water partition coefficient (Wildman–Crippen LogP) is 4.47. The van der Waals surface area contributed by atoms with Crippen LogP contribution in [-0.4, -0.2) is 84.8 Å². The van der Waals surface area contributed by atoms with Crippen LogP contribution in [0.3, 0.4) is 0 Å². The lowest BCUT2D eigenvalue weighted by Gasteiger charge is -2.27. The molecule has 3 heterocycles. The summed E-state index contributed by atoms with van der Waals surface area (Å²) in [5, 5.41) is 18.9. The van der Waals surface area contributed by atoms with Crippen molar-refractivity contribution in [3.63, 3.8) is 0 Å². The Morgan fingerprint density at radius 1 is 1.00 bits per heavy atom. The van der Waals surface area contributed by atoms with E-state index in [1.54, 1.807) is 0 Å². The minimum absolute atomic E-state index is 0.0152. The molecule has 1 fully saturated rings. The predicted molar refractivity (Wildman–Crippen MR) is 189 cm³/mol. The summed E-state index contributed by atoms with van der Waals surface area (Å²) in [5.74, 6) is 6.48. The second kappa shape index (κ2) is 15.8. The van der Waals surface area contributed by atoms with Crippen LogP contribution in [0.4, 0.5) is 0 Å². The number of ether oxygens (including phenoxy) is 1. The van der Waals surface area contributed by atoms with Gasteiger partial charge in [-0.1, -0.05) is 72.0 Å². The van der Waals surface area contributed by atoms with Crippen LogP contribution in [0.5, 0.6) is 0 Å². The van der Waals surface area contributed by atoms with Crippen molar-refractivity contribution in [3.05, 3.63) is 111 Å². The molecule has 1 atom stereocenters. The average Bonchev–Trinajstić information content (AvgIpc) is 3.47. The van der Waals surface area contributed by atoms with Crippen LogP contribution in [-0.2, 0) is 40.8 Å². The topological polar surface area (TPSA) is 99.9 Å². The van der Waals surface area contributed by atoms with Gasteiger partial charge >= 0.3 is 0 Å². The van der Waals surface area contributed by atoms with Gasteiger partial charge in [0.1, 0.15) is 0 Å². The number of sulfonamides is 1. The number of rotatable bonds is 11. The molecule has 6 rings (SSSR count). The van der Waals surface area contributed by atoms with Gasteiger partial charge in [-0.25, -0.2) is 8.42 Å². The highest BCUT2D eigenvalue weighted by molar-refractivity contribution is 7.88. The molecular weight excluding hydrogens is 646 g/mol. The Morgan fingerprint density at radius 2 is 1.77 bits per heavy atom. The molecule has 0 radical (unpaired) electrons. The molecule has 0 unspecified atom stereocenters. The van der Waals surface area contributed by atoms with Gasteiger partial charge in [-0.2, -0.15) is 9.40 Å². The summed E-state index contributed by atoms with van der Waals surface area (Å²) in [6.07, 6.45) is 2.83. The van der Waals surface area contributed by atoms with Crippen LogP contribution in [0, 0.1) is 11.8 Å². The van der Waals surface area contributed by atoms with Crippen molar-refractivity contribution in [2.75, 3.05) is 52.3 Å². The molecular formula is C37H42ClN5O4S. The largest absolute Gasteiger partial charge is 0.394 e. The number of nitrogens with one attached hydrogen (secondary N) is 1. The molecule has 0 amide bonds. The third kappa shape index (κ3) is 8.54. The van der Waals surface area contributed by atoms with Crippen molar-refractivity contribution in [2.45, 2.75) is 38.5 Å². The maximum Gasteiger partial charge on any atom is 0.211 e. The van der Waals surface area contributed by atoms with Crippen molar-refractivity contribution in [1.29, 1.82) is 0 Å². The third-order valence-electron chi connectivity index (χ3n) is 8.99. The number of aromatic nitrogens is 2. The second-order valence-corrected chi connectivity index (χ2v) is 14.7. The highest BCUT2D eigenvalue weighted by Gasteiger charge is 2.30. The normalized spacial score (nSPS) is 16.2. The van der Waals surface area contributed by atoms with Crippen molar-refractivity contribution in [3.8, 4) is 23.1 Å². The molecule has 4 aromatic rings. The smallest absolute Gasteiger partial charge is 0.211 e. The van der Waals surface area contributed by atoms with Crippen LogP contribution < -0.4 is 5.32 Å². The molecule has 0 spiro atoms. The van der Waals surface area contributed by atoms with E-state index in [-0.39, 0.29) is 12.6 Å². The first-order chi connectivity index (χ1) is 23.3. The number of fused-ring (bicyclic) bond motifs is 1. The number of nitrogens with zero attached hydrogens (tertiary/aromatic N) is 4. The van der Waals surface area contributed by atoms with Gasteiger partial charge < -0.3 is 15.2 Å². The van der Waals surface area contributed by atoms with E-state index in [0.29, 0.717) is 36.6 Å². The summed E-state index contributed by atoms with van der Waals surface area (Å²) in [6, 6.07) is 23.5. The highest BCUT2D eigenvalue weighted by Crippen LogP contribution is 2.33. The molecule has 0 aliphatic carbocycles. The molecule has 11 heteroatoms. The van der Waals surface area contributed by atoms with E-state index >= 15 is 0 Å². The Labute approximate surface area is 288 Å². The van der Waals surface area contributed by atoms with E-state index in [1.807, 2.05) is 72.8 Å². The van der Waals surface area contributed by atoms with E-state index in [9.17, 15) is 13.5 Å². The Bertz CT molecular complexity index is 1860. The number of hydrogen-bond acceptors (Lipinski definition) is 7. The van der Waals surface area contributed by atoms with Gasteiger partial charge in [-0.05, 0) is 41.8 Å². The highest BCUT2D eigenvalue weighted by atomic mass is 35.5. The zero-order valence-electron chi connectivity index (χ0n) is 27.2. The average molecular weight is 688 g/mol. The van der Waals surface area contributed by atoms with Crippen molar-refractivity contribution < 1.29 is 18.3 Å². The van der Waals surface area contributed by atoms with E-state index in [4.69, 9.17) is 21.4 Å². The van der Waals surface area contributed by atoms with E-state index in [0.717, 1.165) is 85.0 Å². The molecule has 48 heavy (non-hydrogen) atoms. The number of aliphatic hydroxyl groups is 1. The van der Waals surface area contributed by atoms with Crippen molar-refractivity contribution in [1.82, 2.24) is 24.3 Å². The Balaban J connectivity index is 1.19. The van der Waals surface area contributed by atoms with Gasteiger partial charge in [0.25, 0.3) is 0 Å².